The van der Waals surface area contributed by atoms with E-state index in [1.807, 2.05) is 0 Å². The minimum absolute atomic E-state index is 0.0526. The number of rotatable bonds is 5. The third-order valence-corrected chi connectivity index (χ3v) is 1.81. The van der Waals surface area contributed by atoms with Gasteiger partial charge >= 0.3 is 6.09 Å². The number of nitrogens with two attached hydrogens (primary N) is 1. The van der Waals surface area contributed by atoms with Gasteiger partial charge in [0.15, 0.2) is 6.29 Å². The molecule has 1 aromatic carbocycles. The second-order valence-electron chi connectivity index (χ2n) is 3.33. The Morgan fingerprint density at radius 1 is 1.42 bits per heavy atom. The fourth-order valence-electron chi connectivity index (χ4n) is 1.01. The average molecular weight is 267 g/mol. The van der Waals surface area contributed by atoms with Crippen LogP contribution in [-0.4, -0.2) is 25.0 Å². The van der Waals surface area contributed by atoms with Crippen LogP contribution in [0.5, 0.6) is 0 Å². The van der Waals surface area contributed by atoms with E-state index in [0.717, 1.165) is 0 Å². The molecule has 1 atom stereocenters. The van der Waals surface area contributed by atoms with Crippen LogP contribution in [-0.2, 0) is 4.74 Å². The van der Waals surface area contributed by atoms with E-state index in [2.05, 4.69) is 20.8 Å². The Hall–Kier alpha value is -2.64. The van der Waals surface area contributed by atoms with Crippen molar-refractivity contribution in [2.24, 2.45) is 16.1 Å². The number of hydrogen-bond donors (Lipinski definition) is 1. The van der Waals surface area contributed by atoms with Crippen molar-refractivity contribution < 1.29 is 14.3 Å². The lowest BCUT2D eigenvalue weighted by Crippen LogP contribution is -2.22. The molecule has 0 saturated carbocycles. The van der Waals surface area contributed by atoms with Crippen LogP contribution in [0.15, 0.2) is 34.6 Å². The quantitative estimate of drug-likeness (QED) is 0.645. The van der Waals surface area contributed by atoms with Gasteiger partial charge < -0.3 is 10.5 Å². The summed E-state index contributed by atoms with van der Waals surface area (Å²) >= 11 is 0. The molecule has 8 nitrogen and oxygen atoms in total. The zero-order valence-corrected chi connectivity index (χ0v) is 10.2. The van der Waals surface area contributed by atoms with Gasteiger partial charge in [0.1, 0.15) is 18.3 Å². The van der Waals surface area contributed by atoms with Crippen LogP contribution in [0.25, 0.3) is 0 Å². The van der Waals surface area contributed by atoms with Gasteiger partial charge in [-0.2, -0.15) is 4.91 Å². The van der Waals surface area contributed by atoms with Crippen molar-refractivity contribution in [3.8, 4) is 0 Å². The summed E-state index contributed by atoms with van der Waals surface area (Å²) in [4.78, 5) is 39.6. The predicted molar refractivity (Wildman–Crippen MR) is 68.1 cm³/mol. The number of nitrogens with zero attached hydrogens (tertiary/aromatic N) is 2. The highest BCUT2D eigenvalue weighted by Gasteiger charge is 2.03. The van der Waals surface area contributed by atoms with Gasteiger partial charge in [-0.05, 0) is 24.2 Å². The Bertz CT molecular complexity index is 423. The minimum atomic E-state index is -0.883. The molecule has 0 saturated heterocycles. The van der Waals surface area contributed by atoms with E-state index in [4.69, 9.17) is 0 Å². The van der Waals surface area contributed by atoms with E-state index >= 15 is 0 Å². The first-order valence-electron chi connectivity index (χ1n) is 5.17. The number of carbonyl (C=O) groups excluding carboxylic acids is 2. The highest BCUT2D eigenvalue weighted by Crippen LogP contribution is 2.14. The number of carbonyl (C=O) groups is 2. The lowest BCUT2D eigenvalue weighted by atomic mass is 10.2. The number of hydrogen-bond acceptors (Lipinski definition) is 7. The van der Waals surface area contributed by atoms with Gasteiger partial charge in [-0.25, -0.2) is 4.79 Å². The topological polar surface area (TPSA) is 128 Å². The van der Waals surface area contributed by atoms with Gasteiger partial charge in [0.05, 0.1) is 0 Å². The van der Waals surface area contributed by atoms with E-state index in [1.54, 1.807) is 18.2 Å². The molecule has 0 fully saturated rings. The molecule has 0 aliphatic heterocycles. The van der Waals surface area contributed by atoms with Gasteiger partial charge in [-0.1, -0.05) is 17.3 Å². The molecule has 1 rings (SSSR count). The number of amides is 1. The molecule has 1 unspecified atom stereocenters. The van der Waals surface area contributed by atoms with Crippen LogP contribution in [0.4, 0.5) is 10.5 Å². The Morgan fingerprint density at radius 3 is 2.47 bits per heavy atom. The van der Waals surface area contributed by atoms with Crippen molar-refractivity contribution in [1.82, 2.24) is 0 Å². The molecule has 2 N–H and O–H groups in total. The molecule has 1 aromatic rings. The minimum Gasteiger partial charge on any atom is -0.445 e. The lowest BCUT2D eigenvalue weighted by Gasteiger charge is -2.04. The summed E-state index contributed by atoms with van der Waals surface area (Å²) in [6.07, 6.45) is -0.789. The molecule has 0 heterocycles. The highest BCUT2D eigenvalue weighted by molar-refractivity contribution is 5.82. The van der Waals surface area contributed by atoms with Crippen molar-refractivity contribution in [2.45, 2.75) is 13.0 Å². The SMILES string of the molecule is CC(CN=O)OC(N)=O.O=Cc1ccccc1N=O. The van der Waals surface area contributed by atoms with Crippen LogP contribution >= 0.6 is 0 Å². The van der Waals surface area contributed by atoms with Crippen molar-refractivity contribution in [3.63, 3.8) is 0 Å². The molecule has 0 spiro atoms. The second kappa shape index (κ2) is 9.40. The van der Waals surface area contributed by atoms with Gasteiger partial charge in [-0.15, -0.1) is 4.91 Å². The molecule has 102 valence electrons. The highest BCUT2D eigenvalue weighted by atomic mass is 16.6. The van der Waals surface area contributed by atoms with E-state index in [1.165, 1.54) is 13.0 Å². The summed E-state index contributed by atoms with van der Waals surface area (Å²) in [5.74, 6) is 0. The van der Waals surface area contributed by atoms with Crippen LogP contribution in [0.1, 0.15) is 17.3 Å². The fraction of sp³-hybridized carbons (Fsp3) is 0.273. The number of aldehydes is 1. The Kier molecular flexibility index (Phi) is 8.09. The molecule has 0 aromatic heterocycles. The Balaban J connectivity index is 0.000000344. The molecule has 19 heavy (non-hydrogen) atoms. The number of nitroso groups, excluding NO2 is 2. The van der Waals surface area contributed by atoms with Gasteiger partial charge in [0.2, 0.25) is 0 Å². The molecule has 0 bridgehead atoms. The van der Waals surface area contributed by atoms with E-state index < -0.39 is 12.2 Å². The first-order chi connectivity index (χ1) is 9.04. The molecular weight excluding hydrogens is 254 g/mol. The third kappa shape index (κ3) is 7.31. The Labute approximate surface area is 108 Å². The standard InChI is InChI=1S/C7H5NO2.C4H8N2O3/c9-5-6-3-1-2-4-7(6)8-10;1-3(2-6-8)9-4(5)7/h1-5H;3H,2H2,1H3,(H2,5,7). The van der Waals surface area contributed by atoms with Gasteiger partial charge in [0.25, 0.3) is 0 Å². The summed E-state index contributed by atoms with van der Waals surface area (Å²) < 4.78 is 4.34. The number of ether oxygens (including phenoxy) is 1. The molecule has 0 aliphatic rings. The average Bonchev–Trinajstić information content (AvgIpc) is 2.38. The molecule has 1 amide bonds. The smallest absolute Gasteiger partial charge is 0.404 e. The zero-order chi connectivity index (χ0) is 14.7. The fourth-order valence-corrected chi connectivity index (χ4v) is 1.01. The summed E-state index contributed by atoms with van der Waals surface area (Å²) in [6, 6.07) is 6.38. The van der Waals surface area contributed by atoms with Crippen molar-refractivity contribution in [3.05, 3.63) is 39.6 Å². The van der Waals surface area contributed by atoms with Crippen LogP contribution in [0, 0.1) is 9.81 Å². The van der Waals surface area contributed by atoms with Crippen molar-refractivity contribution >= 4 is 18.1 Å². The van der Waals surface area contributed by atoms with Crippen LogP contribution in [0.3, 0.4) is 0 Å². The first kappa shape index (κ1) is 16.4. The molecular formula is C11H13N3O5. The van der Waals surface area contributed by atoms with Crippen LogP contribution < -0.4 is 5.73 Å². The molecule has 8 heteroatoms. The molecule has 0 aliphatic carbocycles. The maximum atomic E-state index is 10.2. The van der Waals surface area contributed by atoms with E-state index in [0.29, 0.717) is 11.8 Å². The van der Waals surface area contributed by atoms with Crippen molar-refractivity contribution in [2.75, 3.05) is 6.54 Å². The predicted octanol–water partition coefficient (Wildman–Crippen LogP) is 2.13. The Morgan fingerprint density at radius 2 is 2.05 bits per heavy atom. The van der Waals surface area contributed by atoms with E-state index in [-0.39, 0.29) is 12.2 Å². The van der Waals surface area contributed by atoms with E-state index in [9.17, 15) is 19.4 Å². The normalized spacial score (nSPS) is 10.4. The van der Waals surface area contributed by atoms with Crippen LogP contribution in [0.2, 0.25) is 0 Å². The molecule has 0 radical (unpaired) electrons. The summed E-state index contributed by atoms with van der Waals surface area (Å²) in [6.45, 7) is 1.48. The summed E-state index contributed by atoms with van der Waals surface area (Å²) in [5, 5.41) is 5.17. The number of benzene rings is 1. The summed E-state index contributed by atoms with van der Waals surface area (Å²) in [7, 11) is 0. The van der Waals surface area contributed by atoms with Crippen molar-refractivity contribution in [1.29, 1.82) is 0 Å². The monoisotopic (exact) mass is 267 g/mol. The van der Waals surface area contributed by atoms with Gasteiger partial charge in [-0.3, -0.25) is 4.79 Å². The maximum absolute atomic E-state index is 10.2. The largest absolute Gasteiger partial charge is 0.445 e. The lowest BCUT2D eigenvalue weighted by molar-refractivity contribution is 0.112. The summed E-state index contributed by atoms with van der Waals surface area (Å²) in [5.41, 5.74) is 5.14. The maximum Gasteiger partial charge on any atom is 0.404 e. The van der Waals surface area contributed by atoms with Gasteiger partial charge in [0, 0.05) is 5.56 Å². The first-order valence-corrected chi connectivity index (χ1v) is 5.17. The zero-order valence-electron chi connectivity index (χ0n) is 10.2. The third-order valence-electron chi connectivity index (χ3n) is 1.81. The second-order valence-corrected chi connectivity index (χ2v) is 3.33. The number of primary amides is 1.